The number of thiophene rings is 1. The molecule has 116 valence electrons. The van der Waals surface area contributed by atoms with Gasteiger partial charge in [0, 0.05) is 30.9 Å². The third-order valence-corrected chi connectivity index (χ3v) is 5.08. The first-order valence-electron chi connectivity index (χ1n) is 8.04. The van der Waals surface area contributed by atoms with E-state index in [4.69, 9.17) is 0 Å². The minimum atomic E-state index is 0.160. The van der Waals surface area contributed by atoms with Gasteiger partial charge in [0.05, 0.1) is 0 Å². The van der Waals surface area contributed by atoms with Crippen molar-refractivity contribution in [2.75, 3.05) is 0 Å². The van der Waals surface area contributed by atoms with E-state index in [1.807, 2.05) is 12.4 Å². The highest BCUT2D eigenvalue weighted by Crippen LogP contribution is 2.28. The third-order valence-electron chi connectivity index (χ3n) is 4.39. The molecule has 22 heavy (non-hydrogen) atoms. The molecular weight excluding hydrogens is 292 g/mol. The molecule has 1 fully saturated rings. The van der Waals surface area contributed by atoms with Crippen LogP contribution in [-0.2, 0) is 11.3 Å². The van der Waals surface area contributed by atoms with Crippen LogP contribution in [0.4, 0.5) is 0 Å². The van der Waals surface area contributed by atoms with Crippen LogP contribution >= 0.6 is 11.3 Å². The van der Waals surface area contributed by atoms with E-state index >= 15 is 0 Å². The lowest BCUT2D eigenvalue weighted by Crippen LogP contribution is -2.23. The zero-order valence-electron chi connectivity index (χ0n) is 12.8. The van der Waals surface area contributed by atoms with Crippen LogP contribution in [0, 0.1) is 5.92 Å². The fraction of sp³-hybridized carbons (Fsp3) is 0.444. The van der Waals surface area contributed by atoms with Gasteiger partial charge in [0.1, 0.15) is 0 Å². The van der Waals surface area contributed by atoms with Crippen LogP contribution in [-0.4, -0.2) is 10.9 Å². The lowest BCUT2D eigenvalue weighted by Gasteiger charge is -2.09. The van der Waals surface area contributed by atoms with Gasteiger partial charge in [-0.25, -0.2) is 0 Å². The van der Waals surface area contributed by atoms with Gasteiger partial charge in [-0.1, -0.05) is 25.7 Å². The summed E-state index contributed by atoms with van der Waals surface area (Å²) in [4.78, 5) is 16.2. The molecule has 0 unspecified atom stereocenters. The summed E-state index contributed by atoms with van der Waals surface area (Å²) < 4.78 is 0. The monoisotopic (exact) mass is 314 g/mol. The molecular formula is C18H22N2OS. The van der Waals surface area contributed by atoms with Gasteiger partial charge < -0.3 is 5.32 Å². The van der Waals surface area contributed by atoms with Gasteiger partial charge in [0.2, 0.25) is 5.91 Å². The van der Waals surface area contributed by atoms with Gasteiger partial charge in [-0.15, -0.1) is 0 Å². The summed E-state index contributed by atoms with van der Waals surface area (Å²) in [6.07, 6.45) is 10.7. The van der Waals surface area contributed by atoms with Crippen molar-refractivity contribution >= 4 is 17.2 Å². The fourth-order valence-corrected chi connectivity index (χ4v) is 3.76. The summed E-state index contributed by atoms with van der Waals surface area (Å²) in [5.41, 5.74) is 3.35. The van der Waals surface area contributed by atoms with Gasteiger partial charge in [-0.05, 0) is 46.4 Å². The third kappa shape index (κ3) is 4.17. The van der Waals surface area contributed by atoms with Gasteiger partial charge in [-0.3, -0.25) is 9.78 Å². The second-order valence-corrected chi connectivity index (χ2v) is 6.84. The largest absolute Gasteiger partial charge is 0.352 e. The maximum absolute atomic E-state index is 12.0. The van der Waals surface area contributed by atoms with Crippen molar-refractivity contribution in [1.29, 1.82) is 0 Å². The topological polar surface area (TPSA) is 42.0 Å². The standard InChI is InChI=1S/C18H22N2OS/c21-18(6-5-14-3-1-2-4-14)20-11-15-9-17(12-19-10-15)16-7-8-22-13-16/h7-10,12-14H,1-6,11H2,(H,20,21). The Balaban J connectivity index is 1.48. The Bertz CT molecular complexity index is 603. The molecule has 2 heterocycles. The number of pyridine rings is 1. The van der Waals surface area contributed by atoms with Crippen LogP contribution in [0.1, 0.15) is 44.1 Å². The molecule has 0 atom stereocenters. The average Bonchev–Trinajstić information content (AvgIpc) is 3.24. The number of carbonyl (C=O) groups excluding carboxylic acids is 1. The molecule has 1 saturated carbocycles. The van der Waals surface area contributed by atoms with Crippen molar-refractivity contribution in [3.8, 4) is 11.1 Å². The predicted octanol–water partition coefficient (Wildman–Crippen LogP) is 4.40. The number of hydrogen-bond donors (Lipinski definition) is 1. The normalized spacial score (nSPS) is 15.1. The lowest BCUT2D eigenvalue weighted by molar-refractivity contribution is -0.121. The Labute approximate surface area is 135 Å². The SMILES string of the molecule is O=C(CCC1CCCC1)NCc1cncc(-c2ccsc2)c1. The van der Waals surface area contributed by atoms with Crippen molar-refractivity contribution in [2.45, 2.75) is 45.1 Å². The zero-order chi connectivity index (χ0) is 15.2. The van der Waals surface area contributed by atoms with Gasteiger partial charge >= 0.3 is 0 Å². The Morgan fingerprint density at radius 2 is 2.14 bits per heavy atom. The molecule has 4 heteroatoms. The summed E-state index contributed by atoms with van der Waals surface area (Å²) in [7, 11) is 0. The van der Waals surface area contributed by atoms with E-state index < -0.39 is 0 Å². The van der Waals surface area contributed by atoms with Crippen LogP contribution < -0.4 is 5.32 Å². The van der Waals surface area contributed by atoms with Crippen molar-refractivity contribution in [2.24, 2.45) is 5.92 Å². The Morgan fingerprint density at radius 3 is 2.91 bits per heavy atom. The molecule has 1 N–H and O–H groups in total. The summed E-state index contributed by atoms with van der Waals surface area (Å²) in [5.74, 6) is 0.933. The molecule has 0 aliphatic heterocycles. The molecule has 2 aromatic heterocycles. The minimum Gasteiger partial charge on any atom is -0.352 e. The summed E-state index contributed by atoms with van der Waals surface area (Å²) in [5, 5.41) is 7.19. The summed E-state index contributed by atoms with van der Waals surface area (Å²) in [6, 6.07) is 4.19. The average molecular weight is 314 g/mol. The number of amides is 1. The molecule has 3 nitrogen and oxygen atoms in total. The number of hydrogen-bond acceptors (Lipinski definition) is 3. The number of nitrogens with zero attached hydrogens (tertiary/aromatic N) is 1. The molecule has 1 aliphatic rings. The second-order valence-electron chi connectivity index (χ2n) is 6.06. The highest BCUT2D eigenvalue weighted by molar-refractivity contribution is 7.08. The second kappa shape index (κ2) is 7.54. The summed E-state index contributed by atoms with van der Waals surface area (Å²) >= 11 is 1.68. The van der Waals surface area contributed by atoms with Crippen molar-refractivity contribution in [3.63, 3.8) is 0 Å². The van der Waals surface area contributed by atoms with Gasteiger partial charge in [0.15, 0.2) is 0 Å². The molecule has 0 aromatic carbocycles. The van der Waals surface area contributed by atoms with Crippen LogP contribution in [0.3, 0.4) is 0 Å². The van der Waals surface area contributed by atoms with E-state index in [0.717, 1.165) is 23.5 Å². The molecule has 2 aromatic rings. The first-order chi connectivity index (χ1) is 10.8. The van der Waals surface area contributed by atoms with E-state index in [0.29, 0.717) is 13.0 Å². The molecule has 3 rings (SSSR count). The van der Waals surface area contributed by atoms with E-state index in [1.165, 1.54) is 31.2 Å². The van der Waals surface area contributed by atoms with Crippen LogP contribution in [0.15, 0.2) is 35.3 Å². The van der Waals surface area contributed by atoms with Crippen molar-refractivity contribution in [1.82, 2.24) is 10.3 Å². The summed E-state index contributed by atoms with van der Waals surface area (Å²) in [6.45, 7) is 0.564. The van der Waals surface area contributed by atoms with Crippen molar-refractivity contribution < 1.29 is 4.79 Å². The Kier molecular flexibility index (Phi) is 5.22. The highest BCUT2D eigenvalue weighted by atomic mass is 32.1. The number of nitrogens with one attached hydrogen (secondary N) is 1. The molecule has 0 bridgehead atoms. The van der Waals surface area contributed by atoms with E-state index in [2.05, 4.69) is 33.2 Å². The van der Waals surface area contributed by atoms with E-state index in [9.17, 15) is 4.79 Å². The van der Waals surface area contributed by atoms with Crippen LogP contribution in [0.25, 0.3) is 11.1 Å². The van der Waals surface area contributed by atoms with Gasteiger partial charge in [0.25, 0.3) is 0 Å². The number of carbonyl (C=O) groups is 1. The fourth-order valence-electron chi connectivity index (χ4n) is 3.09. The maximum atomic E-state index is 12.0. The zero-order valence-corrected chi connectivity index (χ0v) is 13.6. The lowest BCUT2D eigenvalue weighted by atomic mass is 10.0. The predicted molar refractivity (Wildman–Crippen MR) is 90.6 cm³/mol. The minimum absolute atomic E-state index is 0.160. The number of rotatable bonds is 6. The molecule has 0 spiro atoms. The van der Waals surface area contributed by atoms with Crippen LogP contribution in [0.2, 0.25) is 0 Å². The van der Waals surface area contributed by atoms with E-state index in [1.54, 1.807) is 11.3 Å². The Morgan fingerprint density at radius 1 is 1.27 bits per heavy atom. The first kappa shape index (κ1) is 15.2. The number of aromatic nitrogens is 1. The molecule has 1 aliphatic carbocycles. The molecule has 0 radical (unpaired) electrons. The first-order valence-corrected chi connectivity index (χ1v) is 8.99. The molecule has 1 amide bonds. The highest BCUT2D eigenvalue weighted by Gasteiger charge is 2.16. The smallest absolute Gasteiger partial charge is 0.220 e. The van der Waals surface area contributed by atoms with Crippen LogP contribution in [0.5, 0.6) is 0 Å². The van der Waals surface area contributed by atoms with Crippen molar-refractivity contribution in [3.05, 3.63) is 40.8 Å². The van der Waals surface area contributed by atoms with Gasteiger partial charge in [-0.2, -0.15) is 11.3 Å². The quantitative estimate of drug-likeness (QED) is 0.859. The Hall–Kier alpha value is -1.68. The maximum Gasteiger partial charge on any atom is 0.220 e. The van der Waals surface area contributed by atoms with E-state index in [-0.39, 0.29) is 5.91 Å². The molecule has 0 saturated heterocycles.